The van der Waals surface area contributed by atoms with E-state index >= 15 is 0 Å². The van der Waals surface area contributed by atoms with E-state index in [2.05, 4.69) is 21.5 Å². The van der Waals surface area contributed by atoms with Crippen molar-refractivity contribution in [2.75, 3.05) is 5.32 Å². The number of hydrogen-bond acceptors (Lipinski definition) is 4. The summed E-state index contributed by atoms with van der Waals surface area (Å²) in [6.45, 7) is 0.389. The quantitative estimate of drug-likeness (QED) is 0.463. The highest BCUT2D eigenvalue weighted by Gasteiger charge is 2.28. The number of benzene rings is 2. The molecule has 27 heavy (non-hydrogen) atoms. The van der Waals surface area contributed by atoms with Crippen molar-refractivity contribution in [3.05, 3.63) is 59.9 Å². The molecule has 1 atom stereocenters. The van der Waals surface area contributed by atoms with Crippen LogP contribution in [0.15, 0.2) is 53.4 Å². The third-order valence-corrected chi connectivity index (χ3v) is 5.28. The van der Waals surface area contributed by atoms with Crippen LogP contribution in [0.5, 0.6) is 0 Å². The normalized spacial score (nSPS) is 15.3. The lowest BCUT2D eigenvalue weighted by molar-refractivity contribution is -0.124. The van der Waals surface area contributed by atoms with Crippen molar-refractivity contribution in [1.29, 1.82) is 0 Å². The number of amides is 2. The number of rotatable bonds is 4. The van der Waals surface area contributed by atoms with Gasteiger partial charge >= 0.3 is 0 Å². The number of carbonyl (C=O) groups excluding carboxylic acids is 2. The Balaban J connectivity index is 1.42. The first-order valence-electron chi connectivity index (χ1n) is 8.15. The highest BCUT2D eigenvalue weighted by Crippen LogP contribution is 2.36. The second-order valence-electron chi connectivity index (χ2n) is 5.78. The molecule has 0 spiro atoms. The molecule has 9 heteroatoms. The van der Waals surface area contributed by atoms with Crippen LogP contribution in [0.3, 0.4) is 0 Å². The number of carbonyl (C=O) groups is 2. The van der Waals surface area contributed by atoms with Crippen molar-refractivity contribution in [3.63, 3.8) is 0 Å². The molecule has 0 fully saturated rings. The van der Waals surface area contributed by atoms with Crippen molar-refractivity contribution in [2.45, 2.75) is 23.1 Å². The molecule has 0 saturated carbocycles. The summed E-state index contributed by atoms with van der Waals surface area (Å²) in [5.74, 6) is -0.863. The predicted molar refractivity (Wildman–Crippen MR) is 106 cm³/mol. The lowest BCUT2D eigenvalue weighted by atomic mass is 10.2. The molecule has 4 N–H and O–H groups in total. The topological polar surface area (TPSA) is 82.3 Å². The van der Waals surface area contributed by atoms with Crippen LogP contribution in [0.1, 0.15) is 12.0 Å². The lowest BCUT2D eigenvalue weighted by Gasteiger charge is -2.23. The minimum atomic E-state index is -0.512. The molecule has 3 rings (SSSR count). The Hall–Kier alpha value is -2.65. The van der Waals surface area contributed by atoms with Crippen LogP contribution >= 0.6 is 24.0 Å². The summed E-state index contributed by atoms with van der Waals surface area (Å²) in [5, 5.41) is 5.40. The van der Waals surface area contributed by atoms with Gasteiger partial charge in [-0.25, -0.2) is 4.39 Å². The molecule has 0 saturated heterocycles. The number of anilines is 1. The minimum absolute atomic E-state index is 0.0123. The SMILES string of the molecule is O=C(C[C@H]1Sc2ccccc2NC1=O)NNC(=S)NCc1ccc(F)cc1. The Kier molecular flexibility index (Phi) is 6.25. The molecule has 0 aliphatic carbocycles. The number of thiocarbonyl (C=S) groups is 1. The zero-order valence-corrected chi connectivity index (χ0v) is 15.8. The van der Waals surface area contributed by atoms with Gasteiger partial charge in [0, 0.05) is 17.9 Å². The first kappa shape index (κ1) is 19.1. The summed E-state index contributed by atoms with van der Waals surface area (Å²) in [7, 11) is 0. The number of hydrogen-bond donors (Lipinski definition) is 4. The van der Waals surface area contributed by atoms with Gasteiger partial charge in [-0.2, -0.15) is 0 Å². The van der Waals surface area contributed by atoms with Crippen LogP contribution in [0.2, 0.25) is 0 Å². The molecule has 0 bridgehead atoms. The van der Waals surface area contributed by atoms with Crippen molar-refractivity contribution >= 4 is 46.6 Å². The third-order valence-electron chi connectivity index (χ3n) is 3.76. The number of para-hydroxylation sites is 1. The van der Waals surface area contributed by atoms with E-state index in [9.17, 15) is 14.0 Å². The maximum Gasteiger partial charge on any atom is 0.240 e. The number of thioether (sulfide) groups is 1. The van der Waals surface area contributed by atoms with Crippen LogP contribution < -0.4 is 21.5 Å². The van der Waals surface area contributed by atoms with Gasteiger partial charge in [0.05, 0.1) is 10.9 Å². The van der Waals surface area contributed by atoms with E-state index in [1.807, 2.05) is 24.3 Å². The molecule has 2 aromatic rings. The van der Waals surface area contributed by atoms with Gasteiger partial charge in [-0.15, -0.1) is 11.8 Å². The molecular weight excluding hydrogens is 387 g/mol. The zero-order valence-electron chi connectivity index (χ0n) is 14.1. The van der Waals surface area contributed by atoms with E-state index < -0.39 is 5.25 Å². The lowest BCUT2D eigenvalue weighted by Crippen LogP contribution is -2.47. The summed E-state index contributed by atoms with van der Waals surface area (Å²) in [6, 6.07) is 13.4. The molecule has 0 radical (unpaired) electrons. The minimum Gasteiger partial charge on any atom is -0.357 e. The fourth-order valence-electron chi connectivity index (χ4n) is 2.40. The summed E-state index contributed by atoms with van der Waals surface area (Å²) in [4.78, 5) is 25.1. The van der Waals surface area contributed by atoms with Crippen molar-refractivity contribution in [3.8, 4) is 0 Å². The maximum absolute atomic E-state index is 12.9. The number of fused-ring (bicyclic) bond motifs is 1. The average molecular weight is 404 g/mol. The molecule has 1 aliphatic rings. The molecule has 6 nitrogen and oxygen atoms in total. The molecule has 2 amide bonds. The van der Waals surface area contributed by atoms with Crippen LogP contribution in [-0.4, -0.2) is 22.2 Å². The van der Waals surface area contributed by atoms with Gasteiger partial charge in [-0.1, -0.05) is 24.3 Å². The van der Waals surface area contributed by atoms with Crippen molar-refractivity contribution < 1.29 is 14.0 Å². The Morgan fingerprint density at radius 3 is 2.67 bits per heavy atom. The summed E-state index contributed by atoms with van der Waals surface area (Å²) in [5.41, 5.74) is 6.67. The van der Waals surface area contributed by atoms with Gasteiger partial charge in [-0.3, -0.25) is 20.4 Å². The Morgan fingerprint density at radius 1 is 1.15 bits per heavy atom. The summed E-state index contributed by atoms with van der Waals surface area (Å²) in [6.07, 6.45) is 0.0123. The Bertz CT molecular complexity index is 861. The van der Waals surface area contributed by atoms with Gasteiger partial charge in [0.25, 0.3) is 0 Å². The molecule has 1 heterocycles. The number of nitrogens with one attached hydrogen (secondary N) is 4. The zero-order chi connectivity index (χ0) is 19.2. The van der Waals surface area contributed by atoms with Gasteiger partial charge in [0.2, 0.25) is 11.8 Å². The van der Waals surface area contributed by atoms with Crippen LogP contribution in [0.25, 0.3) is 0 Å². The Labute approximate surface area is 165 Å². The van der Waals surface area contributed by atoms with E-state index in [1.165, 1.54) is 23.9 Å². The van der Waals surface area contributed by atoms with Crippen molar-refractivity contribution in [1.82, 2.24) is 16.2 Å². The van der Waals surface area contributed by atoms with E-state index in [-0.39, 0.29) is 29.2 Å². The fourth-order valence-corrected chi connectivity index (χ4v) is 3.64. The number of hydrazine groups is 1. The van der Waals surface area contributed by atoms with E-state index in [4.69, 9.17) is 12.2 Å². The molecular formula is C18H17FN4O2S2. The van der Waals surface area contributed by atoms with Gasteiger partial charge in [-0.05, 0) is 42.0 Å². The molecule has 140 valence electrons. The maximum atomic E-state index is 12.9. The molecule has 1 aliphatic heterocycles. The standard InChI is InChI=1S/C18H17FN4O2S2/c19-12-7-5-11(6-8-12)10-20-18(26)23-22-16(24)9-15-17(25)21-13-3-1-2-4-14(13)27-15/h1-8,15H,9-10H2,(H,21,25)(H,22,24)(H2,20,23,26)/t15-/m1/s1. The van der Waals surface area contributed by atoms with E-state index in [0.29, 0.717) is 6.54 Å². The number of halogens is 1. The third kappa shape index (κ3) is 5.41. The first-order valence-corrected chi connectivity index (χ1v) is 9.44. The molecule has 2 aromatic carbocycles. The molecule has 0 unspecified atom stereocenters. The highest BCUT2D eigenvalue weighted by molar-refractivity contribution is 8.01. The van der Waals surface area contributed by atoms with Crippen molar-refractivity contribution in [2.24, 2.45) is 0 Å². The van der Waals surface area contributed by atoms with Crippen LogP contribution in [-0.2, 0) is 16.1 Å². The largest absolute Gasteiger partial charge is 0.357 e. The average Bonchev–Trinajstić information content (AvgIpc) is 2.66. The van der Waals surface area contributed by atoms with E-state index in [1.54, 1.807) is 12.1 Å². The molecule has 0 aromatic heterocycles. The van der Waals surface area contributed by atoms with E-state index in [0.717, 1.165) is 16.1 Å². The van der Waals surface area contributed by atoms with Crippen LogP contribution in [0, 0.1) is 5.82 Å². The summed E-state index contributed by atoms with van der Waals surface area (Å²) < 4.78 is 12.9. The first-order chi connectivity index (χ1) is 13.0. The summed E-state index contributed by atoms with van der Waals surface area (Å²) >= 11 is 6.44. The smallest absolute Gasteiger partial charge is 0.240 e. The van der Waals surface area contributed by atoms with Gasteiger partial charge in [0.1, 0.15) is 5.82 Å². The second kappa shape index (κ2) is 8.83. The monoisotopic (exact) mass is 404 g/mol. The van der Waals surface area contributed by atoms with Gasteiger partial charge in [0.15, 0.2) is 5.11 Å². The van der Waals surface area contributed by atoms with Crippen LogP contribution in [0.4, 0.5) is 10.1 Å². The Morgan fingerprint density at radius 2 is 1.89 bits per heavy atom. The fraction of sp³-hybridized carbons (Fsp3) is 0.167. The second-order valence-corrected chi connectivity index (χ2v) is 7.43. The predicted octanol–water partition coefficient (Wildman–Crippen LogP) is 2.32. The highest BCUT2D eigenvalue weighted by atomic mass is 32.2. The van der Waals surface area contributed by atoms with Gasteiger partial charge < -0.3 is 10.6 Å².